The molecule has 0 radical (unpaired) electrons. The van der Waals surface area contributed by atoms with E-state index >= 15 is 0 Å². The number of aryl methyl sites for hydroxylation is 1. The lowest BCUT2D eigenvalue weighted by molar-refractivity contribution is -0.112. The van der Waals surface area contributed by atoms with E-state index < -0.39 is 5.91 Å². The molecule has 3 aromatic rings. The van der Waals surface area contributed by atoms with Crippen molar-refractivity contribution >= 4 is 23.6 Å². The van der Waals surface area contributed by atoms with Gasteiger partial charge in [0.2, 0.25) is 0 Å². The monoisotopic (exact) mass is 428 g/mol. The fourth-order valence-corrected chi connectivity index (χ4v) is 3.19. The molecule has 7 nitrogen and oxygen atoms in total. The Kier molecular flexibility index (Phi) is 7.09. The average Bonchev–Trinajstić information content (AvgIpc) is 3.05. The van der Waals surface area contributed by atoms with Gasteiger partial charge >= 0.3 is 0 Å². The van der Waals surface area contributed by atoms with Gasteiger partial charge in [-0.05, 0) is 62.7 Å². The summed E-state index contributed by atoms with van der Waals surface area (Å²) in [6, 6.07) is 19.6. The number of carbonyl (C=O) groups is 2. The molecule has 162 valence electrons. The van der Waals surface area contributed by atoms with E-state index in [1.807, 2.05) is 32.9 Å². The van der Waals surface area contributed by atoms with Crippen molar-refractivity contribution in [3.8, 4) is 11.8 Å². The Balaban J connectivity index is 1.81. The standard InChI is InChI=1S/C25H24N4O3/c1-4-32-23-12-8-11-22(15-23)27-24(30)21(16-26)14-20-13-17(2)29(18(20)3)28-25(31)19-9-6-5-7-10-19/h5-15H,4H2,1-3H3,(H,27,30)(H,28,31)/b21-14-. The molecule has 2 N–H and O–H groups in total. The van der Waals surface area contributed by atoms with Crippen molar-refractivity contribution < 1.29 is 14.3 Å². The minimum absolute atomic E-state index is 0.0542. The highest BCUT2D eigenvalue weighted by atomic mass is 16.5. The molecule has 2 aromatic carbocycles. The molecule has 0 aliphatic rings. The van der Waals surface area contributed by atoms with Crippen molar-refractivity contribution in [1.29, 1.82) is 5.26 Å². The van der Waals surface area contributed by atoms with Gasteiger partial charge in [0.15, 0.2) is 0 Å². The molecule has 32 heavy (non-hydrogen) atoms. The van der Waals surface area contributed by atoms with Gasteiger partial charge in [0.05, 0.1) is 6.61 Å². The predicted octanol–water partition coefficient (Wildman–Crippen LogP) is 4.43. The summed E-state index contributed by atoms with van der Waals surface area (Å²) < 4.78 is 7.08. The minimum atomic E-state index is -0.528. The third-order valence-electron chi connectivity index (χ3n) is 4.79. The van der Waals surface area contributed by atoms with Crippen molar-refractivity contribution in [1.82, 2.24) is 4.68 Å². The molecule has 0 fully saturated rings. The van der Waals surface area contributed by atoms with Crippen LogP contribution in [-0.2, 0) is 4.79 Å². The number of carbonyl (C=O) groups excluding carboxylic acids is 2. The lowest BCUT2D eigenvalue weighted by Gasteiger charge is -2.11. The zero-order chi connectivity index (χ0) is 23.1. The Morgan fingerprint density at radius 2 is 1.84 bits per heavy atom. The highest BCUT2D eigenvalue weighted by Gasteiger charge is 2.15. The molecule has 0 saturated carbocycles. The maximum atomic E-state index is 12.7. The fourth-order valence-electron chi connectivity index (χ4n) is 3.19. The number of benzene rings is 2. The van der Waals surface area contributed by atoms with E-state index in [2.05, 4.69) is 10.7 Å². The van der Waals surface area contributed by atoms with Crippen molar-refractivity contribution in [2.24, 2.45) is 0 Å². The third kappa shape index (κ3) is 5.24. The second-order valence-corrected chi connectivity index (χ2v) is 7.05. The van der Waals surface area contributed by atoms with Crippen molar-refractivity contribution in [3.63, 3.8) is 0 Å². The van der Waals surface area contributed by atoms with Crippen LogP contribution in [0.1, 0.15) is 34.2 Å². The van der Waals surface area contributed by atoms with Gasteiger partial charge in [0.25, 0.3) is 11.8 Å². The van der Waals surface area contributed by atoms with E-state index in [0.29, 0.717) is 34.9 Å². The Morgan fingerprint density at radius 3 is 2.53 bits per heavy atom. The smallest absolute Gasteiger partial charge is 0.270 e. The first-order chi connectivity index (χ1) is 15.4. The molecule has 0 saturated heterocycles. The van der Waals surface area contributed by atoms with E-state index in [9.17, 15) is 14.9 Å². The van der Waals surface area contributed by atoms with Crippen LogP contribution in [0.3, 0.4) is 0 Å². The van der Waals surface area contributed by atoms with Crippen molar-refractivity contribution in [2.75, 3.05) is 17.3 Å². The van der Waals surface area contributed by atoms with Gasteiger partial charge in [-0.1, -0.05) is 24.3 Å². The molecule has 0 aliphatic heterocycles. The number of amides is 2. The first-order valence-electron chi connectivity index (χ1n) is 10.1. The topological polar surface area (TPSA) is 96.2 Å². The first-order valence-corrected chi connectivity index (χ1v) is 10.1. The second kappa shape index (κ2) is 10.1. The van der Waals surface area contributed by atoms with E-state index in [0.717, 1.165) is 5.69 Å². The molecule has 7 heteroatoms. The summed E-state index contributed by atoms with van der Waals surface area (Å²) >= 11 is 0. The van der Waals surface area contributed by atoms with Gasteiger partial charge in [-0.15, -0.1) is 0 Å². The Hall–Kier alpha value is -4.31. The van der Waals surface area contributed by atoms with Crippen molar-refractivity contribution in [3.05, 3.63) is 88.8 Å². The zero-order valence-electron chi connectivity index (χ0n) is 18.2. The predicted molar refractivity (Wildman–Crippen MR) is 124 cm³/mol. The Morgan fingerprint density at radius 1 is 1.09 bits per heavy atom. The average molecular weight is 428 g/mol. The number of nitrogens with zero attached hydrogens (tertiary/aromatic N) is 2. The third-order valence-corrected chi connectivity index (χ3v) is 4.79. The van der Waals surface area contributed by atoms with Crippen LogP contribution in [0.2, 0.25) is 0 Å². The normalized spacial score (nSPS) is 10.9. The number of nitriles is 1. The highest BCUT2D eigenvalue weighted by molar-refractivity contribution is 6.09. The maximum Gasteiger partial charge on any atom is 0.270 e. The van der Waals surface area contributed by atoms with Crippen LogP contribution >= 0.6 is 0 Å². The number of hydrogen-bond acceptors (Lipinski definition) is 4. The minimum Gasteiger partial charge on any atom is -0.494 e. The molecule has 1 heterocycles. The molecule has 2 amide bonds. The number of nitrogens with one attached hydrogen (secondary N) is 2. The molecule has 1 aromatic heterocycles. The summed E-state index contributed by atoms with van der Waals surface area (Å²) in [4.78, 5) is 25.2. The van der Waals surface area contributed by atoms with Crippen LogP contribution in [0.4, 0.5) is 5.69 Å². The number of hydrogen-bond donors (Lipinski definition) is 2. The van der Waals surface area contributed by atoms with E-state index in [4.69, 9.17) is 4.74 Å². The summed E-state index contributed by atoms with van der Waals surface area (Å²) in [5.41, 5.74) is 5.97. The SMILES string of the molecule is CCOc1cccc(NC(=O)/C(C#N)=C\c2cc(C)n(NC(=O)c3ccccc3)c2C)c1. The maximum absolute atomic E-state index is 12.7. The van der Waals surface area contributed by atoms with Gasteiger partial charge in [0.1, 0.15) is 17.4 Å². The van der Waals surface area contributed by atoms with Gasteiger partial charge < -0.3 is 10.1 Å². The van der Waals surface area contributed by atoms with Gasteiger partial charge in [-0.2, -0.15) is 5.26 Å². The largest absolute Gasteiger partial charge is 0.494 e. The fraction of sp³-hybridized carbons (Fsp3) is 0.160. The van der Waals surface area contributed by atoms with Gasteiger partial charge in [0, 0.05) is 28.7 Å². The van der Waals surface area contributed by atoms with Crippen LogP contribution in [-0.4, -0.2) is 23.1 Å². The molecule has 0 spiro atoms. The van der Waals surface area contributed by atoms with E-state index in [1.165, 1.54) is 6.08 Å². The molecular weight excluding hydrogens is 404 g/mol. The second-order valence-electron chi connectivity index (χ2n) is 7.05. The van der Waals surface area contributed by atoms with Crippen LogP contribution in [0.5, 0.6) is 5.75 Å². The van der Waals surface area contributed by atoms with E-state index in [1.54, 1.807) is 59.3 Å². The van der Waals surface area contributed by atoms with E-state index in [-0.39, 0.29) is 11.5 Å². The zero-order valence-corrected chi connectivity index (χ0v) is 18.2. The summed E-state index contributed by atoms with van der Waals surface area (Å²) in [6.45, 7) is 6.03. The van der Waals surface area contributed by atoms with Crippen LogP contribution in [0.25, 0.3) is 6.08 Å². The number of ether oxygens (including phenoxy) is 1. The lowest BCUT2D eigenvalue weighted by atomic mass is 10.1. The summed E-state index contributed by atoms with van der Waals surface area (Å²) in [5.74, 6) is -0.153. The van der Waals surface area contributed by atoms with Gasteiger partial charge in [-0.25, -0.2) is 0 Å². The summed E-state index contributed by atoms with van der Waals surface area (Å²) in [6.07, 6.45) is 1.51. The number of anilines is 1. The molecular formula is C25H24N4O3. The molecule has 0 unspecified atom stereocenters. The first kappa shape index (κ1) is 22.4. The van der Waals surface area contributed by atoms with Crippen LogP contribution < -0.4 is 15.5 Å². The Labute approximate surface area is 186 Å². The number of rotatable bonds is 7. The lowest BCUT2D eigenvalue weighted by Crippen LogP contribution is -2.24. The highest BCUT2D eigenvalue weighted by Crippen LogP contribution is 2.20. The Bertz CT molecular complexity index is 1200. The summed E-state index contributed by atoms with van der Waals surface area (Å²) in [7, 11) is 0. The molecule has 0 bridgehead atoms. The number of aromatic nitrogens is 1. The quantitative estimate of drug-likeness (QED) is 0.430. The summed E-state index contributed by atoms with van der Waals surface area (Å²) in [5, 5.41) is 12.3. The molecule has 3 rings (SSSR count). The van der Waals surface area contributed by atoms with Gasteiger partial charge in [-0.3, -0.25) is 19.7 Å². The van der Waals surface area contributed by atoms with Crippen LogP contribution in [0.15, 0.2) is 66.2 Å². The molecule has 0 aliphatic carbocycles. The molecule has 0 atom stereocenters. The van der Waals surface area contributed by atoms with Crippen molar-refractivity contribution in [2.45, 2.75) is 20.8 Å². The van der Waals surface area contributed by atoms with Crippen LogP contribution in [0, 0.1) is 25.2 Å².